The molecule has 0 aliphatic rings. The molecule has 3 N–H and O–H groups in total. The van der Waals surface area contributed by atoms with Crippen molar-refractivity contribution in [3.8, 4) is 6.07 Å². The normalized spacial score (nSPS) is 9.86. The van der Waals surface area contributed by atoms with E-state index in [9.17, 15) is 9.18 Å². The van der Waals surface area contributed by atoms with E-state index in [1.807, 2.05) is 6.07 Å². The maximum Gasteiger partial charge on any atom is 0.319 e. The third-order valence-corrected chi connectivity index (χ3v) is 2.99. The Hall–Kier alpha value is -2.91. The first-order chi connectivity index (χ1) is 10.6. The second-order valence-electron chi connectivity index (χ2n) is 4.58. The molecule has 2 aromatic carbocycles. The van der Waals surface area contributed by atoms with E-state index in [2.05, 4.69) is 10.6 Å². The molecular weight excluding hydrogens is 285 g/mol. The Bertz CT molecular complexity index is 726. The molecule has 0 spiro atoms. The Morgan fingerprint density at radius 3 is 2.77 bits per heavy atom. The highest BCUT2D eigenvalue weighted by molar-refractivity contribution is 5.89. The lowest BCUT2D eigenvalue weighted by atomic mass is 10.1. The van der Waals surface area contributed by atoms with E-state index in [1.165, 1.54) is 12.1 Å². The van der Waals surface area contributed by atoms with Crippen molar-refractivity contribution in [1.82, 2.24) is 5.32 Å². The van der Waals surface area contributed by atoms with Crippen LogP contribution in [0.1, 0.15) is 16.7 Å². The molecule has 0 fully saturated rings. The number of benzene rings is 2. The molecule has 0 aliphatic carbocycles. The minimum Gasteiger partial charge on any atom is -0.392 e. The van der Waals surface area contributed by atoms with Crippen LogP contribution in [0, 0.1) is 17.1 Å². The van der Waals surface area contributed by atoms with Crippen LogP contribution < -0.4 is 10.6 Å². The summed E-state index contributed by atoms with van der Waals surface area (Å²) in [6.45, 7) is -0.221. The third-order valence-electron chi connectivity index (χ3n) is 2.99. The van der Waals surface area contributed by atoms with Gasteiger partial charge in [-0.2, -0.15) is 5.26 Å². The summed E-state index contributed by atoms with van der Waals surface area (Å²) >= 11 is 0. The smallest absolute Gasteiger partial charge is 0.319 e. The van der Waals surface area contributed by atoms with Crippen molar-refractivity contribution in [2.45, 2.75) is 13.2 Å². The average molecular weight is 299 g/mol. The predicted molar refractivity (Wildman–Crippen MR) is 79.3 cm³/mol. The van der Waals surface area contributed by atoms with Crippen LogP contribution in [-0.2, 0) is 13.2 Å². The van der Waals surface area contributed by atoms with Gasteiger partial charge in [-0.1, -0.05) is 18.2 Å². The standard InChI is InChI=1S/C16H14FN3O2/c17-15-7-12(4-5-13(15)10-21)9-19-16(22)20-14-3-1-2-11(6-14)8-18/h1-7,21H,9-10H2,(H2,19,20,22). The number of amides is 2. The van der Waals surface area contributed by atoms with Crippen LogP contribution in [0.25, 0.3) is 0 Å². The molecule has 6 heteroatoms. The van der Waals surface area contributed by atoms with E-state index >= 15 is 0 Å². The fourth-order valence-electron chi connectivity index (χ4n) is 1.85. The number of hydrogen-bond acceptors (Lipinski definition) is 3. The number of aliphatic hydroxyl groups excluding tert-OH is 1. The molecule has 0 radical (unpaired) electrons. The van der Waals surface area contributed by atoms with Crippen molar-refractivity contribution in [3.63, 3.8) is 0 Å². The maximum absolute atomic E-state index is 13.5. The summed E-state index contributed by atoms with van der Waals surface area (Å²) in [5, 5.41) is 22.9. The minimum absolute atomic E-state index is 0.145. The fourth-order valence-corrected chi connectivity index (χ4v) is 1.85. The van der Waals surface area contributed by atoms with Crippen LogP contribution in [0.2, 0.25) is 0 Å². The summed E-state index contributed by atoms with van der Waals surface area (Å²) in [6.07, 6.45) is 0. The van der Waals surface area contributed by atoms with Gasteiger partial charge in [0.15, 0.2) is 0 Å². The number of nitrogens with one attached hydrogen (secondary N) is 2. The van der Waals surface area contributed by atoms with Gasteiger partial charge in [0.2, 0.25) is 0 Å². The fraction of sp³-hybridized carbons (Fsp3) is 0.125. The molecule has 2 amide bonds. The van der Waals surface area contributed by atoms with Gasteiger partial charge in [-0.25, -0.2) is 9.18 Å². The highest BCUT2D eigenvalue weighted by Gasteiger charge is 2.05. The molecule has 22 heavy (non-hydrogen) atoms. The lowest BCUT2D eigenvalue weighted by Crippen LogP contribution is -2.28. The third kappa shape index (κ3) is 4.04. The summed E-state index contributed by atoms with van der Waals surface area (Å²) in [4.78, 5) is 11.8. The van der Waals surface area contributed by atoms with Crippen molar-refractivity contribution < 1.29 is 14.3 Å². The number of hydrogen-bond donors (Lipinski definition) is 3. The van der Waals surface area contributed by atoms with Crippen LogP contribution in [0.5, 0.6) is 0 Å². The molecule has 0 unspecified atom stereocenters. The first-order valence-corrected chi connectivity index (χ1v) is 6.55. The van der Waals surface area contributed by atoms with E-state index < -0.39 is 11.8 Å². The van der Waals surface area contributed by atoms with Crippen molar-refractivity contribution in [2.24, 2.45) is 0 Å². The lowest BCUT2D eigenvalue weighted by Gasteiger charge is -2.09. The van der Waals surface area contributed by atoms with Gasteiger partial charge in [-0.05, 0) is 29.8 Å². The van der Waals surface area contributed by atoms with Gasteiger partial charge < -0.3 is 15.7 Å². The van der Waals surface area contributed by atoms with Gasteiger partial charge in [0, 0.05) is 17.8 Å². The molecule has 0 aromatic heterocycles. The summed E-state index contributed by atoms with van der Waals surface area (Å²) < 4.78 is 13.5. The zero-order valence-corrected chi connectivity index (χ0v) is 11.6. The van der Waals surface area contributed by atoms with E-state index in [0.29, 0.717) is 16.8 Å². The van der Waals surface area contributed by atoms with Crippen LogP contribution >= 0.6 is 0 Å². The molecular formula is C16H14FN3O2. The average Bonchev–Trinajstić information content (AvgIpc) is 2.53. The second kappa shape index (κ2) is 7.20. The SMILES string of the molecule is N#Cc1cccc(NC(=O)NCc2ccc(CO)c(F)c2)c1. The van der Waals surface area contributed by atoms with Crippen molar-refractivity contribution in [3.05, 3.63) is 65.0 Å². The molecule has 112 valence electrons. The van der Waals surface area contributed by atoms with E-state index in [0.717, 1.165) is 0 Å². The first kappa shape index (κ1) is 15.5. The van der Waals surface area contributed by atoms with E-state index in [-0.39, 0.29) is 18.7 Å². The number of nitriles is 1. The number of aliphatic hydroxyl groups is 1. The van der Waals surface area contributed by atoms with Crippen LogP contribution in [0.4, 0.5) is 14.9 Å². The van der Waals surface area contributed by atoms with Gasteiger partial charge in [-0.3, -0.25) is 0 Å². The largest absolute Gasteiger partial charge is 0.392 e. The Morgan fingerprint density at radius 2 is 2.09 bits per heavy atom. The molecule has 0 bridgehead atoms. The number of carbonyl (C=O) groups is 1. The van der Waals surface area contributed by atoms with Crippen molar-refractivity contribution in [2.75, 3.05) is 5.32 Å². The molecule has 2 aromatic rings. The minimum atomic E-state index is -0.510. The zero-order chi connectivity index (χ0) is 15.9. The van der Waals surface area contributed by atoms with Crippen LogP contribution in [0.15, 0.2) is 42.5 Å². The highest BCUT2D eigenvalue weighted by atomic mass is 19.1. The number of halogens is 1. The quantitative estimate of drug-likeness (QED) is 0.811. The first-order valence-electron chi connectivity index (χ1n) is 6.55. The van der Waals surface area contributed by atoms with E-state index in [1.54, 1.807) is 30.3 Å². The summed E-state index contributed by atoms with van der Waals surface area (Å²) in [5.41, 5.74) is 1.73. The molecule has 0 aliphatic heterocycles. The maximum atomic E-state index is 13.5. The Balaban J connectivity index is 1.92. The molecule has 0 saturated heterocycles. The summed E-state index contributed by atoms with van der Waals surface area (Å²) in [7, 11) is 0. The van der Waals surface area contributed by atoms with E-state index in [4.69, 9.17) is 10.4 Å². The molecule has 0 atom stereocenters. The number of urea groups is 1. The second-order valence-corrected chi connectivity index (χ2v) is 4.58. The van der Waals surface area contributed by atoms with Gasteiger partial charge in [-0.15, -0.1) is 0 Å². The van der Waals surface area contributed by atoms with Crippen LogP contribution in [0.3, 0.4) is 0 Å². The molecule has 2 rings (SSSR count). The molecule has 5 nitrogen and oxygen atoms in total. The number of nitrogens with zero attached hydrogens (tertiary/aromatic N) is 1. The Morgan fingerprint density at radius 1 is 1.27 bits per heavy atom. The highest BCUT2D eigenvalue weighted by Crippen LogP contribution is 2.11. The Kier molecular flexibility index (Phi) is 5.07. The molecule has 0 saturated carbocycles. The Labute approximate surface area is 127 Å². The zero-order valence-electron chi connectivity index (χ0n) is 11.6. The summed E-state index contributed by atoms with van der Waals surface area (Å²) in [5.74, 6) is -0.510. The van der Waals surface area contributed by atoms with Gasteiger partial charge >= 0.3 is 6.03 Å². The number of rotatable bonds is 4. The van der Waals surface area contributed by atoms with Crippen molar-refractivity contribution in [1.29, 1.82) is 5.26 Å². The summed E-state index contributed by atoms with van der Waals surface area (Å²) in [6, 6.07) is 12.4. The van der Waals surface area contributed by atoms with Gasteiger partial charge in [0.05, 0.1) is 18.2 Å². The van der Waals surface area contributed by atoms with Crippen molar-refractivity contribution >= 4 is 11.7 Å². The van der Waals surface area contributed by atoms with Gasteiger partial charge in [0.25, 0.3) is 0 Å². The lowest BCUT2D eigenvalue weighted by molar-refractivity contribution is 0.251. The topological polar surface area (TPSA) is 85.2 Å². The van der Waals surface area contributed by atoms with Crippen LogP contribution in [-0.4, -0.2) is 11.1 Å². The number of anilines is 1. The predicted octanol–water partition coefficient (Wildman–Crippen LogP) is 2.51. The number of carbonyl (C=O) groups excluding carboxylic acids is 1. The van der Waals surface area contributed by atoms with Gasteiger partial charge in [0.1, 0.15) is 5.82 Å². The molecule has 0 heterocycles. The monoisotopic (exact) mass is 299 g/mol.